The molecular weight excluding hydrogens is 474 g/mol. The minimum absolute atomic E-state index is 0.112. The molecular formula is C21H17ClF2N6O2S. The Kier molecular flexibility index (Phi) is 6.45. The van der Waals surface area contributed by atoms with Gasteiger partial charge in [-0.3, -0.25) is 4.79 Å². The highest BCUT2D eigenvalue weighted by Gasteiger charge is 2.40. The van der Waals surface area contributed by atoms with Gasteiger partial charge in [0.1, 0.15) is 34.9 Å². The second-order valence-corrected chi connectivity index (χ2v) is 8.45. The first-order valence-electron chi connectivity index (χ1n) is 9.67. The summed E-state index contributed by atoms with van der Waals surface area (Å²) < 4.78 is 33.5. The van der Waals surface area contributed by atoms with E-state index >= 15 is 0 Å². The van der Waals surface area contributed by atoms with Crippen LogP contribution in [0, 0.1) is 11.6 Å². The molecule has 2 N–H and O–H groups in total. The molecule has 2 aromatic carbocycles. The van der Waals surface area contributed by atoms with Crippen LogP contribution < -0.4 is 5.32 Å². The van der Waals surface area contributed by atoms with Crippen LogP contribution in [0.25, 0.3) is 10.6 Å². The number of aromatic nitrogens is 5. The maximum absolute atomic E-state index is 14.6. The third-order valence-corrected chi connectivity index (χ3v) is 6.07. The van der Waals surface area contributed by atoms with E-state index in [1.54, 1.807) is 24.3 Å². The van der Waals surface area contributed by atoms with Gasteiger partial charge in [0.15, 0.2) is 0 Å². The predicted octanol–water partition coefficient (Wildman–Crippen LogP) is 3.43. The van der Waals surface area contributed by atoms with Gasteiger partial charge in [-0.25, -0.2) is 23.4 Å². The quantitative estimate of drug-likeness (QED) is 0.411. The van der Waals surface area contributed by atoms with Crippen molar-refractivity contribution in [3.05, 3.63) is 83.2 Å². The number of nitrogens with zero attached hydrogens (tertiary/aromatic N) is 5. The van der Waals surface area contributed by atoms with Gasteiger partial charge in [-0.15, -0.1) is 0 Å². The van der Waals surface area contributed by atoms with Crippen LogP contribution in [0.15, 0.2) is 55.1 Å². The molecule has 0 spiro atoms. The van der Waals surface area contributed by atoms with Crippen LogP contribution in [-0.2, 0) is 12.1 Å². The van der Waals surface area contributed by atoms with E-state index in [2.05, 4.69) is 24.8 Å². The topological polar surface area (TPSA) is 106 Å². The van der Waals surface area contributed by atoms with E-state index < -0.39 is 29.2 Å². The summed E-state index contributed by atoms with van der Waals surface area (Å²) in [5.41, 5.74) is -1.46. The average molecular weight is 491 g/mol. The van der Waals surface area contributed by atoms with Gasteiger partial charge < -0.3 is 10.4 Å². The molecule has 2 heterocycles. The monoisotopic (exact) mass is 490 g/mol. The van der Waals surface area contributed by atoms with Gasteiger partial charge in [-0.05, 0) is 36.7 Å². The van der Waals surface area contributed by atoms with Crippen LogP contribution in [-0.4, -0.2) is 41.2 Å². The molecule has 0 saturated carbocycles. The Balaban J connectivity index is 1.59. The molecule has 8 nitrogen and oxygen atoms in total. The van der Waals surface area contributed by atoms with Crippen LogP contribution in [0.4, 0.5) is 8.78 Å². The summed E-state index contributed by atoms with van der Waals surface area (Å²) in [5.74, 6) is -2.54. The van der Waals surface area contributed by atoms with Crippen LogP contribution in [0.3, 0.4) is 0 Å². The number of amides is 1. The van der Waals surface area contributed by atoms with Crippen molar-refractivity contribution in [3.63, 3.8) is 0 Å². The second-order valence-electron chi connectivity index (χ2n) is 7.27. The molecule has 33 heavy (non-hydrogen) atoms. The van der Waals surface area contributed by atoms with E-state index in [0.717, 1.165) is 29.2 Å². The number of nitrogens with one attached hydrogen (secondary N) is 1. The number of hydrogen-bond donors (Lipinski definition) is 2. The zero-order chi connectivity index (χ0) is 23.6. The van der Waals surface area contributed by atoms with Crippen LogP contribution in [0.2, 0.25) is 5.02 Å². The number of carbonyl (C=O) groups excluding carboxylic acids is 1. The third-order valence-electron chi connectivity index (χ3n) is 5.05. The average Bonchev–Trinajstić information content (AvgIpc) is 3.46. The van der Waals surface area contributed by atoms with E-state index in [-0.39, 0.29) is 17.9 Å². The highest BCUT2D eigenvalue weighted by molar-refractivity contribution is 7.09. The van der Waals surface area contributed by atoms with E-state index in [1.165, 1.54) is 24.3 Å². The minimum Gasteiger partial charge on any atom is -0.381 e. The lowest BCUT2D eigenvalue weighted by atomic mass is 9.86. The Labute approximate surface area is 196 Å². The van der Waals surface area contributed by atoms with E-state index in [1.807, 2.05) is 0 Å². The summed E-state index contributed by atoms with van der Waals surface area (Å²) in [4.78, 5) is 20.9. The Hall–Kier alpha value is -3.28. The Bertz CT molecular complexity index is 1270. The van der Waals surface area contributed by atoms with Crippen LogP contribution in [0.5, 0.6) is 0 Å². The van der Waals surface area contributed by atoms with Crippen molar-refractivity contribution < 1.29 is 18.7 Å². The number of benzene rings is 2. The highest BCUT2D eigenvalue weighted by Crippen LogP contribution is 2.30. The number of carbonyl (C=O) groups is 1. The van der Waals surface area contributed by atoms with E-state index in [9.17, 15) is 18.7 Å². The first-order valence-corrected chi connectivity index (χ1v) is 10.8. The van der Waals surface area contributed by atoms with Crippen molar-refractivity contribution >= 4 is 29.0 Å². The van der Waals surface area contributed by atoms with Gasteiger partial charge in [-0.1, -0.05) is 29.8 Å². The maximum atomic E-state index is 14.6. The molecule has 2 aromatic heterocycles. The molecule has 0 fully saturated rings. The summed E-state index contributed by atoms with van der Waals surface area (Å²) in [6.07, 6.45) is 2.59. The number of rotatable bonds is 7. The van der Waals surface area contributed by atoms with Gasteiger partial charge in [0.05, 0.1) is 12.6 Å². The molecule has 4 aromatic rings. The van der Waals surface area contributed by atoms with Crippen LogP contribution in [0.1, 0.15) is 23.1 Å². The molecule has 0 bridgehead atoms. The molecule has 12 heteroatoms. The smallest absolute Gasteiger partial charge is 0.290 e. The fourth-order valence-corrected chi connectivity index (χ4v) is 4.05. The van der Waals surface area contributed by atoms with Gasteiger partial charge in [-0.2, -0.15) is 9.47 Å². The van der Waals surface area contributed by atoms with Gasteiger partial charge in [0, 0.05) is 22.2 Å². The fourth-order valence-electron chi connectivity index (χ4n) is 3.26. The first kappa shape index (κ1) is 22.9. The molecule has 0 unspecified atom stereocenters. The predicted molar refractivity (Wildman–Crippen MR) is 118 cm³/mol. The van der Waals surface area contributed by atoms with Crippen molar-refractivity contribution in [2.75, 3.05) is 0 Å². The normalized spacial score (nSPS) is 14.0. The Morgan fingerprint density at radius 1 is 1.27 bits per heavy atom. The van der Waals surface area contributed by atoms with Gasteiger partial charge in [0.2, 0.25) is 5.82 Å². The summed E-state index contributed by atoms with van der Waals surface area (Å²) in [5, 5.41) is 19.1. The van der Waals surface area contributed by atoms with Crippen LogP contribution >= 0.6 is 23.1 Å². The molecule has 0 aliphatic heterocycles. The van der Waals surface area contributed by atoms with Gasteiger partial charge >= 0.3 is 0 Å². The fraction of sp³-hybridized carbons (Fsp3) is 0.190. The zero-order valence-corrected chi connectivity index (χ0v) is 18.7. The molecule has 0 saturated heterocycles. The van der Waals surface area contributed by atoms with E-state index in [4.69, 9.17) is 11.6 Å². The Morgan fingerprint density at radius 2 is 2.03 bits per heavy atom. The number of halogens is 3. The van der Waals surface area contributed by atoms with Crippen molar-refractivity contribution in [1.29, 1.82) is 0 Å². The summed E-state index contributed by atoms with van der Waals surface area (Å²) in [6.45, 7) is 1.24. The summed E-state index contributed by atoms with van der Waals surface area (Å²) >= 11 is 6.92. The molecule has 2 atom stereocenters. The van der Waals surface area contributed by atoms with E-state index in [0.29, 0.717) is 16.1 Å². The third kappa shape index (κ3) is 4.90. The summed E-state index contributed by atoms with van der Waals surface area (Å²) in [6, 6.07) is 8.67. The van der Waals surface area contributed by atoms with Gasteiger partial charge in [0.25, 0.3) is 5.91 Å². The Morgan fingerprint density at radius 3 is 2.70 bits per heavy atom. The molecule has 170 valence electrons. The van der Waals surface area contributed by atoms with Crippen molar-refractivity contribution in [1.82, 2.24) is 29.4 Å². The van der Waals surface area contributed by atoms with Crippen molar-refractivity contribution in [2.45, 2.75) is 25.1 Å². The molecule has 0 aliphatic carbocycles. The zero-order valence-electron chi connectivity index (χ0n) is 17.1. The van der Waals surface area contributed by atoms with Crippen molar-refractivity contribution in [3.8, 4) is 10.6 Å². The second kappa shape index (κ2) is 9.30. The highest BCUT2D eigenvalue weighted by atomic mass is 35.5. The minimum atomic E-state index is -1.99. The number of aliphatic hydroxyl groups is 1. The summed E-state index contributed by atoms with van der Waals surface area (Å²) in [7, 11) is 0. The SMILES string of the molecule is C[C@@H](NC(=O)c1nsc(-c2ccc(Cl)cc2)n1)[C@](O)(Cn1cncn1)c1ccc(F)cc1F. The lowest BCUT2D eigenvalue weighted by Crippen LogP contribution is -2.52. The lowest BCUT2D eigenvalue weighted by molar-refractivity contribution is -0.0187. The lowest BCUT2D eigenvalue weighted by Gasteiger charge is -2.35. The molecule has 0 radical (unpaired) electrons. The number of hydrogen-bond acceptors (Lipinski definition) is 7. The molecule has 0 aliphatic rings. The maximum Gasteiger partial charge on any atom is 0.290 e. The van der Waals surface area contributed by atoms with Crippen molar-refractivity contribution in [2.24, 2.45) is 0 Å². The molecule has 4 rings (SSSR count). The molecule has 1 amide bonds. The standard InChI is InChI=1S/C21H17ClF2N6O2S/c1-12(27-19(31)18-28-20(33-29-18)13-2-4-14(22)5-3-13)21(32,9-30-11-25-10-26-30)16-7-6-15(23)8-17(16)24/h2-8,10-12,32H,9H2,1H3,(H,27,31)/t12-,21-/m1/s1. The first-order chi connectivity index (χ1) is 15.8. The largest absolute Gasteiger partial charge is 0.381 e.